The lowest BCUT2D eigenvalue weighted by atomic mass is 10.1. The summed E-state index contributed by atoms with van der Waals surface area (Å²) >= 11 is 15.1. The first kappa shape index (κ1) is 13.9. The SMILES string of the molecule is Cc1c(C(F)(F)F)nc2c(Cl)ccc(Br)c2c1Cl. The van der Waals surface area contributed by atoms with E-state index in [0.717, 1.165) is 0 Å². The molecular formula is C11H5BrCl2F3N. The molecule has 0 atom stereocenters. The quantitative estimate of drug-likeness (QED) is 0.594. The smallest absolute Gasteiger partial charge is 0.241 e. The van der Waals surface area contributed by atoms with Gasteiger partial charge in [-0.1, -0.05) is 39.1 Å². The highest BCUT2D eigenvalue weighted by Crippen LogP contribution is 2.40. The van der Waals surface area contributed by atoms with Crippen molar-refractivity contribution in [1.82, 2.24) is 4.98 Å². The lowest BCUT2D eigenvalue weighted by Gasteiger charge is -2.14. The molecule has 0 N–H and O–H groups in total. The van der Waals surface area contributed by atoms with Crippen molar-refractivity contribution in [2.45, 2.75) is 13.1 Å². The van der Waals surface area contributed by atoms with Crippen molar-refractivity contribution in [2.24, 2.45) is 0 Å². The van der Waals surface area contributed by atoms with Crippen molar-refractivity contribution < 1.29 is 13.2 Å². The molecule has 0 radical (unpaired) electrons. The van der Waals surface area contributed by atoms with Crippen molar-refractivity contribution in [1.29, 1.82) is 0 Å². The number of halogens is 6. The maximum absolute atomic E-state index is 12.8. The highest BCUT2D eigenvalue weighted by atomic mass is 79.9. The molecule has 1 aromatic carbocycles. The van der Waals surface area contributed by atoms with Crippen LogP contribution in [-0.4, -0.2) is 4.98 Å². The predicted octanol–water partition coefficient (Wildman–Crippen LogP) is 5.63. The van der Waals surface area contributed by atoms with Gasteiger partial charge < -0.3 is 0 Å². The average Bonchev–Trinajstić information content (AvgIpc) is 2.26. The minimum atomic E-state index is -4.56. The normalized spacial score (nSPS) is 12.2. The molecule has 1 aromatic heterocycles. The molecule has 7 heteroatoms. The Balaban J connectivity index is 2.97. The first-order chi connectivity index (χ1) is 8.23. The molecular weight excluding hydrogens is 354 g/mol. The Morgan fingerprint density at radius 2 is 1.83 bits per heavy atom. The van der Waals surface area contributed by atoms with Crippen LogP contribution in [0.3, 0.4) is 0 Å². The predicted molar refractivity (Wildman–Crippen MR) is 69.2 cm³/mol. The van der Waals surface area contributed by atoms with Crippen LogP contribution in [0, 0.1) is 6.92 Å². The minimum Gasteiger partial charge on any atom is -0.241 e. The van der Waals surface area contributed by atoms with Gasteiger partial charge in [0.2, 0.25) is 0 Å². The fraction of sp³-hybridized carbons (Fsp3) is 0.182. The van der Waals surface area contributed by atoms with Crippen molar-refractivity contribution in [3.63, 3.8) is 0 Å². The summed E-state index contributed by atoms with van der Waals surface area (Å²) in [6, 6.07) is 3.08. The standard InChI is InChI=1S/C11H5BrCl2F3N/c1-4-8(14)7-5(12)2-3-6(13)9(7)18-10(4)11(15,16)17/h2-3H,1H3. The molecule has 0 aliphatic rings. The number of fused-ring (bicyclic) bond motifs is 1. The Morgan fingerprint density at radius 3 is 2.39 bits per heavy atom. The van der Waals surface area contributed by atoms with Crippen LogP contribution in [0.5, 0.6) is 0 Å². The zero-order valence-electron chi connectivity index (χ0n) is 8.87. The third kappa shape index (κ3) is 2.19. The van der Waals surface area contributed by atoms with E-state index in [4.69, 9.17) is 23.2 Å². The second kappa shape index (κ2) is 4.54. The van der Waals surface area contributed by atoms with Crippen molar-refractivity contribution in [3.05, 3.63) is 37.9 Å². The van der Waals surface area contributed by atoms with Crippen LogP contribution >= 0.6 is 39.1 Å². The fourth-order valence-corrected chi connectivity index (χ4v) is 2.74. The number of alkyl halides is 3. The van der Waals surface area contributed by atoms with Gasteiger partial charge in [-0.25, -0.2) is 4.98 Å². The summed E-state index contributed by atoms with van der Waals surface area (Å²) < 4.78 is 39.0. The number of hydrogen-bond acceptors (Lipinski definition) is 1. The molecule has 0 aliphatic carbocycles. The zero-order chi connectivity index (χ0) is 13.7. The highest BCUT2D eigenvalue weighted by molar-refractivity contribution is 9.10. The number of pyridine rings is 1. The van der Waals surface area contributed by atoms with E-state index in [0.29, 0.717) is 9.86 Å². The Morgan fingerprint density at radius 1 is 1.22 bits per heavy atom. The summed E-state index contributed by atoms with van der Waals surface area (Å²) in [6.07, 6.45) is -4.56. The van der Waals surface area contributed by atoms with Crippen molar-refractivity contribution in [2.75, 3.05) is 0 Å². The maximum Gasteiger partial charge on any atom is 0.433 e. The highest BCUT2D eigenvalue weighted by Gasteiger charge is 2.36. The maximum atomic E-state index is 12.8. The lowest BCUT2D eigenvalue weighted by molar-refractivity contribution is -0.141. The molecule has 0 fully saturated rings. The molecule has 0 aliphatic heterocycles. The van der Waals surface area contributed by atoms with Crippen molar-refractivity contribution in [3.8, 4) is 0 Å². The number of hydrogen-bond donors (Lipinski definition) is 0. The van der Waals surface area contributed by atoms with E-state index in [-0.39, 0.29) is 21.1 Å². The van der Waals surface area contributed by atoms with E-state index in [9.17, 15) is 13.2 Å². The number of aromatic nitrogens is 1. The number of rotatable bonds is 0. The van der Waals surface area contributed by atoms with Crippen LogP contribution in [0.2, 0.25) is 10.0 Å². The third-order valence-corrected chi connectivity index (χ3v) is 3.91. The van der Waals surface area contributed by atoms with Crippen LogP contribution < -0.4 is 0 Å². The summed E-state index contributed by atoms with van der Waals surface area (Å²) in [6.45, 7) is 1.28. The lowest BCUT2D eigenvalue weighted by Crippen LogP contribution is -2.11. The molecule has 2 rings (SSSR count). The molecule has 0 saturated carbocycles. The van der Waals surface area contributed by atoms with Gasteiger partial charge >= 0.3 is 6.18 Å². The van der Waals surface area contributed by atoms with E-state index < -0.39 is 11.9 Å². The third-order valence-electron chi connectivity index (χ3n) is 2.47. The van der Waals surface area contributed by atoms with E-state index in [1.54, 1.807) is 6.07 Å². The zero-order valence-corrected chi connectivity index (χ0v) is 12.0. The molecule has 96 valence electrons. The summed E-state index contributed by atoms with van der Waals surface area (Å²) in [5, 5.41) is 0.511. The van der Waals surface area contributed by atoms with Gasteiger partial charge in [0, 0.05) is 9.86 Å². The van der Waals surface area contributed by atoms with Gasteiger partial charge in [0.15, 0.2) is 0 Å². The minimum absolute atomic E-state index is 0.00157. The molecule has 2 aromatic rings. The van der Waals surface area contributed by atoms with Gasteiger partial charge in [-0.15, -0.1) is 0 Å². The van der Waals surface area contributed by atoms with Crippen LogP contribution in [0.4, 0.5) is 13.2 Å². The summed E-state index contributed by atoms with van der Waals surface area (Å²) in [7, 11) is 0. The molecule has 0 spiro atoms. The average molecular weight is 359 g/mol. The van der Waals surface area contributed by atoms with E-state index in [2.05, 4.69) is 20.9 Å². The first-order valence-electron chi connectivity index (χ1n) is 4.74. The Labute approximate surface area is 119 Å². The summed E-state index contributed by atoms with van der Waals surface area (Å²) in [4.78, 5) is 3.60. The van der Waals surface area contributed by atoms with Gasteiger partial charge in [-0.3, -0.25) is 0 Å². The summed E-state index contributed by atoms with van der Waals surface area (Å²) in [5.41, 5.74) is -1.09. The van der Waals surface area contributed by atoms with E-state index >= 15 is 0 Å². The summed E-state index contributed by atoms with van der Waals surface area (Å²) in [5.74, 6) is 0. The van der Waals surface area contributed by atoms with Gasteiger partial charge in [0.25, 0.3) is 0 Å². The fourth-order valence-electron chi connectivity index (χ4n) is 1.62. The van der Waals surface area contributed by atoms with Crippen LogP contribution in [0.1, 0.15) is 11.3 Å². The molecule has 1 nitrogen and oxygen atoms in total. The molecule has 0 bridgehead atoms. The van der Waals surface area contributed by atoms with Gasteiger partial charge in [0.05, 0.1) is 15.6 Å². The van der Waals surface area contributed by atoms with E-state index in [1.807, 2.05) is 0 Å². The number of benzene rings is 1. The van der Waals surface area contributed by atoms with Crippen LogP contribution in [-0.2, 0) is 6.18 Å². The molecule has 0 unspecified atom stereocenters. The second-order valence-electron chi connectivity index (χ2n) is 3.65. The Kier molecular flexibility index (Phi) is 3.51. The largest absolute Gasteiger partial charge is 0.433 e. The van der Waals surface area contributed by atoms with Crippen molar-refractivity contribution >= 4 is 50.0 Å². The molecule has 0 amide bonds. The first-order valence-corrected chi connectivity index (χ1v) is 6.29. The molecule has 1 heterocycles. The molecule has 0 saturated heterocycles. The topological polar surface area (TPSA) is 12.9 Å². The second-order valence-corrected chi connectivity index (χ2v) is 5.29. The van der Waals surface area contributed by atoms with Crippen LogP contribution in [0.15, 0.2) is 16.6 Å². The van der Waals surface area contributed by atoms with Crippen LogP contribution in [0.25, 0.3) is 10.9 Å². The monoisotopic (exact) mass is 357 g/mol. The van der Waals surface area contributed by atoms with Gasteiger partial charge in [0.1, 0.15) is 5.69 Å². The molecule has 18 heavy (non-hydrogen) atoms. The Hall–Kier alpha value is -0.520. The number of nitrogens with zero attached hydrogens (tertiary/aromatic N) is 1. The Bertz CT molecular complexity index is 640. The van der Waals surface area contributed by atoms with Gasteiger partial charge in [-0.05, 0) is 24.6 Å². The van der Waals surface area contributed by atoms with E-state index in [1.165, 1.54) is 13.0 Å². The van der Waals surface area contributed by atoms with Gasteiger partial charge in [-0.2, -0.15) is 13.2 Å².